The van der Waals surface area contributed by atoms with Crippen molar-refractivity contribution < 1.29 is 18.7 Å². The van der Waals surface area contributed by atoms with Crippen molar-refractivity contribution in [2.24, 2.45) is 0 Å². The zero-order chi connectivity index (χ0) is 28.1. The molecule has 1 aliphatic rings. The molecule has 1 fully saturated rings. The van der Waals surface area contributed by atoms with Gasteiger partial charge in [0.15, 0.2) is 5.82 Å². The van der Waals surface area contributed by atoms with E-state index in [1.54, 1.807) is 66.8 Å². The highest BCUT2D eigenvalue weighted by molar-refractivity contribution is 6.36. The maximum absolute atomic E-state index is 13.4. The Balaban J connectivity index is 1.22. The zero-order valence-electron chi connectivity index (χ0n) is 21.8. The minimum atomic E-state index is -0.279. The van der Waals surface area contributed by atoms with Crippen LogP contribution in [0.3, 0.4) is 0 Å². The Morgan fingerprint density at radius 1 is 0.975 bits per heavy atom. The van der Waals surface area contributed by atoms with Crippen molar-refractivity contribution >= 4 is 40.8 Å². The standard InChI is InChI=1S/C29H27Cl2N5O4/c1-39-22-5-2-4-20(16-22)29(38)36(18-23-6-3-15-40-23)19-28(37)35-13-11-34(12-14-35)27-10-9-26(32-33-27)24-8-7-21(30)17-25(24)31/h2-10,15-17H,11-14,18-19H2,1H3. The molecule has 0 N–H and O–H groups in total. The van der Waals surface area contributed by atoms with Crippen LogP contribution in [0.5, 0.6) is 5.75 Å². The molecule has 0 aliphatic carbocycles. The summed E-state index contributed by atoms with van der Waals surface area (Å²) in [4.78, 5) is 32.0. The highest BCUT2D eigenvalue weighted by atomic mass is 35.5. The number of amides is 2. The quantitative estimate of drug-likeness (QED) is 0.288. The average Bonchev–Trinajstić information content (AvgIpc) is 3.50. The summed E-state index contributed by atoms with van der Waals surface area (Å²) < 4.78 is 10.7. The molecule has 0 unspecified atom stereocenters. The van der Waals surface area contributed by atoms with Gasteiger partial charge in [-0.05, 0) is 60.7 Å². The van der Waals surface area contributed by atoms with E-state index in [9.17, 15) is 9.59 Å². The summed E-state index contributed by atoms with van der Waals surface area (Å²) >= 11 is 12.3. The molecule has 3 heterocycles. The van der Waals surface area contributed by atoms with Gasteiger partial charge in [-0.3, -0.25) is 9.59 Å². The number of hydrogen-bond donors (Lipinski definition) is 0. The van der Waals surface area contributed by atoms with Crippen molar-refractivity contribution in [2.45, 2.75) is 6.54 Å². The first-order valence-corrected chi connectivity index (χ1v) is 13.4. The van der Waals surface area contributed by atoms with Gasteiger partial charge < -0.3 is 23.9 Å². The fourth-order valence-electron chi connectivity index (χ4n) is 4.51. The summed E-state index contributed by atoms with van der Waals surface area (Å²) in [5, 5.41) is 9.79. The Bertz CT molecular complexity index is 1470. The number of halogens is 2. The van der Waals surface area contributed by atoms with Gasteiger partial charge in [-0.25, -0.2) is 0 Å². The Hall–Kier alpha value is -4.08. The fourth-order valence-corrected chi connectivity index (χ4v) is 5.02. The number of piperazine rings is 1. The largest absolute Gasteiger partial charge is 0.497 e. The number of nitrogens with zero attached hydrogens (tertiary/aromatic N) is 5. The Labute approximate surface area is 241 Å². The van der Waals surface area contributed by atoms with Crippen LogP contribution < -0.4 is 9.64 Å². The third kappa shape index (κ3) is 6.38. The number of hydrogen-bond acceptors (Lipinski definition) is 7. The van der Waals surface area contributed by atoms with Crippen LogP contribution in [0.1, 0.15) is 16.1 Å². The Morgan fingerprint density at radius 3 is 2.48 bits per heavy atom. The predicted molar refractivity (Wildman–Crippen MR) is 153 cm³/mol. The van der Waals surface area contributed by atoms with Gasteiger partial charge in [-0.1, -0.05) is 29.3 Å². The molecule has 1 saturated heterocycles. The summed E-state index contributed by atoms with van der Waals surface area (Å²) in [6.45, 7) is 2.26. The molecule has 40 heavy (non-hydrogen) atoms. The number of carbonyl (C=O) groups is 2. The lowest BCUT2D eigenvalue weighted by Gasteiger charge is -2.36. The lowest BCUT2D eigenvalue weighted by atomic mass is 10.1. The third-order valence-corrected chi connectivity index (χ3v) is 7.22. The van der Waals surface area contributed by atoms with E-state index in [1.807, 2.05) is 18.2 Å². The molecule has 5 rings (SSSR count). The van der Waals surface area contributed by atoms with E-state index < -0.39 is 0 Å². The van der Waals surface area contributed by atoms with E-state index >= 15 is 0 Å². The third-order valence-electron chi connectivity index (χ3n) is 6.67. The van der Waals surface area contributed by atoms with Crippen molar-refractivity contribution in [1.29, 1.82) is 0 Å². The van der Waals surface area contributed by atoms with E-state index in [4.69, 9.17) is 32.4 Å². The van der Waals surface area contributed by atoms with Crippen LogP contribution in [-0.2, 0) is 11.3 Å². The molecule has 4 aromatic rings. The number of ether oxygens (including phenoxy) is 1. The predicted octanol–water partition coefficient (Wildman–Crippen LogP) is 5.04. The van der Waals surface area contributed by atoms with Gasteiger partial charge in [-0.2, -0.15) is 0 Å². The highest BCUT2D eigenvalue weighted by Crippen LogP contribution is 2.29. The van der Waals surface area contributed by atoms with Crippen molar-refractivity contribution in [2.75, 3.05) is 44.7 Å². The number of methoxy groups -OCH3 is 1. The van der Waals surface area contributed by atoms with Crippen LogP contribution in [-0.4, -0.2) is 71.6 Å². The van der Waals surface area contributed by atoms with Crippen molar-refractivity contribution in [3.05, 3.63) is 94.4 Å². The van der Waals surface area contributed by atoms with Crippen molar-refractivity contribution in [3.8, 4) is 17.0 Å². The summed E-state index contributed by atoms with van der Waals surface area (Å²) in [5.41, 5.74) is 1.84. The molecule has 2 aromatic carbocycles. The average molecular weight is 580 g/mol. The molecular weight excluding hydrogens is 553 g/mol. The summed E-state index contributed by atoms with van der Waals surface area (Å²) in [7, 11) is 1.54. The van der Waals surface area contributed by atoms with Crippen LogP contribution in [0.25, 0.3) is 11.3 Å². The zero-order valence-corrected chi connectivity index (χ0v) is 23.3. The molecule has 206 valence electrons. The number of furan rings is 1. The van der Waals surface area contributed by atoms with Gasteiger partial charge in [0.1, 0.15) is 18.1 Å². The molecule has 2 aromatic heterocycles. The number of anilines is 1. The first-order valence-electron chi connectivity index (χ1n) is 12.7. The number of rotatable bonds is 8. The first-order chi connectivity index (χ1) is 19.4. The van der Waals surface area contributed by atoms with Gasteiger partial charge in [0.2, 0.25) is 5.91 Å². The maximum Gasteiger partial charge on any atom is 0.254 e. The lowest BCUT2D eigenvalue weighted by molar-refractivity contribution is -0.132. The van der Waals surface area contributed by atoms with Crippen LogP contribution >= 0.6 is 23.2 Å². The molecule has 0 atom stereocenters. The van der Waals surface area contributed by atoms with E-state index in [2.05, 4.69) is 15.1 Å². The first kappa shape index (κ1) is 27.5. The monoisotopic (exact) mass is 579 g/mol. The smallest absolute Gasteiger partial charge is 0.254 e. The second-order valence-electron chi connectivity index (χ2n) is 9.24. The molecule has 1 aliphatic heterocycles. The van der Waals surface area contributed by atoms with Crippen molar-refractivity contribution in [1.82, 2.24) is 20.0 Å². The molecule has 0 bridgehead atoms. The highest BCUT2D eigenvalue weighted by Gasteiger charge is 2.27. The van der Waals surface area contributed by atoms with Crippen LogP contribution in [0, 0.1) is 0 Å². The number of aromatic nitrogens is 2. The molecule has 0 spiro atoms. The molecule has 11 heteroatoms. The van der Waals surface area contributed by atoms with E-state index in [0.29, 0.717) is 64.8 Å². The van der Waals surface area contributed by atoms with Gasteiger partial charge in [-0.15, -0.1) is 10.2 Å². The second kappa shape index (κ2) is 12.4. The van der Waals surface area contributed by atoms with Gasteiger partial charge in [0, 0.05) is 42.3 Å². The van der Waals surface area contributed by atoms with Gasteiger partial charge >= 0.3 is 0 Å². The minimum absolute atomic E-state index is 0.0763. The molecular formula is C29H27Cl2N5O4. The summed E-state index contributed by atoms with van der Waals surface area (Å²) in [5.74, 6) is 1.46. The van der Waals surface area contributed by atoms with Gasteiger partial charge in [0.05, 0.1) is 30.6 Å². The normalized spacial score (nSPS) is 13.3. The Morgan fingerprint density at radius 2 is 1.80 bits per heavy atom. The second-order valence-corrected chi connectivity index (χ2v) is 10.1. The van der Waals surface area contributed by atoms with Crippen LogP contribution in [0.2, 0.25) is 10.0 Å². The number of benzene rings is 2. The molecule has 0 saturated carbocycles. The number of carbonyl (C=O) groups excluding carboxylic acids is 2. The Kier molecular flexibility index (Phi) is 8.52. The van der Waals surface area contributed by atoms with Crippen LogP contribution in [0.15, 0.2) is 77.4 Å². The van der Waals surface area contributed by atoms with Gasteiger partial charge in [0.25, 0.3) is 5.91 Å². The lowest BCUT2D eigenvalue weighted by Crippen LogP contribution is -2.52. The minimum Gasteiger partial charge on any atom is -0.497 e. The van der Waals surface area contributed by atoms with E-state index in [-0.39, 0.29) is 24.9 Å². The molecule has 9 nitrogen and oxygen atoms in total. The van der Waals surface area contributed by atoms with E-state index in [0.717, 1.165) is 5.56 Å². The van der Waals surface area contributed by atoms with Crippen LogP contribution in [0.4, 0.5) is 5.82 Å². The molecule has 0 radical (unpaired) electrons. The molecule has 2 amide bonds. The van der Waals surface area contributed by atoms with E-state index in [1.165, 1.54) is 4.90 Å². The maximum atomic E-state index is 13.4. The topological polar surface area (TPSA) is 92.0 Å². The van der Waals surface area contributed by atoms with Crippen molar-refractivity contribution in [3.63, 3.8) is 0 Å². The summed E-state index contributed by atoms with van der Waals surface area (Å²) in [6.07, 6.45) is 1.55. The summed E-state index contributed by atoms with van der Waals surface area (Å²) in [6, 6.07) is 19.4. The SMILES string of the molecule is COc1cccc(C(=O)N(CC(=O)N2CCN(c3ccc(-c4ccc(Cl)cc4Cl)nn3)CC2)Cc2ccco2)c1. The fraction of sp³-hybridized carbons (Fsp3) is 0.241.